The van der Waals surface area contributed by atoms with Crippen LogP contribution in [0.15, 0.2) is 46.0 Å². The highest BCUT2D eigenvalue weighted by atomic mass is 35.5. The van der Waals surface area contributed by atoms with Crippen molar-refractivity contribution in [2.75, 3.05) is 31.6 Å². The first-order valence-corrected chi connectivity index (χ1v) is 7.64. The van der Waals surface area contributed by atoms with E-state index in [1.54, 1.807) is 29.2 Å². The van der Waals surface area contributed by atoms with Crippen LogP contribution in [0.2, 0.25) is 0 Å². The van der Waals surface area contributed by atoms with Gasteiger partial charge in [0.1, 0.15) is 5.16 Å². The van der Waals surface area contributed by atoms with E-state index < -0.39 is 10.6 Å². The first-order chi connectivity index (χ1) is 11.1. The molecular weight excluding hydrogens is 345 g/mol. The van der Waals surface area contributed by atoms with Gasteiger partial charge in [-0.3, -0.25) is 10.1 Å². The lowest BCUT2D eigenvalue weighted by Gasteiger charge is -2.28. The molecule has 0 bridgehead atoms. The number of benzene rings is 1. The molecule has 3 rings (SSSR count). The second-order valence-corrected chi connectivity index (χ2v) is 5.60. The average Bonchev–Trinajstić information content (AvgIpc) is 2.98. The summed E-state index contributed by atoms with van der Waals surface area (Å²) in [6.45, 7) is 2.02. The molecule has 0 unspecified atom stereocenters. The predicted octanol–water partition coefficient (Wildman–Crippen LogP) is 2.92. The summed E-state index contributed by atoms with van der Waals surface area (Å²) in [6, 6.07) is 7.02. The number of anilines is 1. The number of halogens is 2. The third-order valence-corrected chi connectivity index (χ3v) is 4.31. The van der Waals surface area contributed by atoms with Crippen LogP contribution in [0.1, 0.15) is 0 Å². The number of hydrogen-bond acceptors (Lipinski definition) is 6. The largest absolute Gasteiger partial charge is 0.433 e. The highest BCUT2D eigenvalue weighted by Crippen LogP contribution is 2.37. The van der Waals surface area contributed by atoms with Crippen molar-refractivity contribution in [2.24, 2.45) is 0 Å². The Kier molecular flexibility index (Phi) is 4.61. The van der Waals surface area contributed by atoms with Crippen LogP contribution in [0.3, 0.4) is 0 Å². The van der Waals surface area contributed by atoms with Crippen molar-refractivity contribution in [1.82, 2.24) is 4.90 Å². The highest BCUT2D eigenvalue weighted by Gasteiger charge is 2.33. The molecule has 0 spiro atoms. The standard InChI is InChI=1S/C14H13Cl2N3O4/c15-11(13(16)18-5-7-22-8-6-18)12(19(20)21)14-17-9-3-1-2-4-10(9)23-14/h1-4,17H,5-8H2/b13-11+,14-12+. The fraction of sp³-hybridized carbons (Fsp3) is 0.286. The van der Waals surface area contributed by atoms with Crippen molar-refractivity contribution in [3.63, 3.8) is 0 Å². The molecule has 1 saturated heterocycles. The monoisotopic (exact) mass is 357 g/mol. The summed E-state index contributed by atoms with van der Waals surface area (Å²) < 4.78 is 10.7. The topological polar surface area (TPSA) is 76.9 Å². The third kappa shape index (κ3) is 3.21. The third-order valence-electron chi connectivity index (χ3n) is 3.42. The number of fused-ring (bicyclic) bond motifs is 1. The van der Waals surface area contributed by atoms with Gasteiger partial charge in [0.25, 0.3) is 5.88 Å². The Morgan fingerprint density at radius 2 is 1.96 bits per heavy atom. The molecule has 2 aliphatic rings. The molecule has 23 heavy (non-hydrogen) atoms. The Bertz CT molecular complexity index is 672. The van der Waals surface area contributed by atoms with E-state index in [0.717, 1.165) is 0 Å². The van der Waals surface area contributed by atoms with E-state index in [1.807, 2.05) is 0 Å². The number of allylic oxidation sites excluding steroid dienone is 1. The van der Waals surface area contributed by atoms with Gasteiger partial charge < -0.3 is 19.7 Å². The number of hydrogen-bond donors (Lipinski definition) is 1. The van der Waals surface area contributed by atoms with Crippen LogP contribution >= 0.6 is 23.2 Å². The van der Waals surface area contributed by atoms with Gasteiger partial charge >= 0.3 is 5.70 Å². The molecular formula is C14H13Cl2N3O4. The minimum atomic E-state index is -0.612. The fourth-order valence-electron chi connectivity index (χ4n) is 2.28. The molecule has 122 valence electrons. The van der Waals surface area contributed by atoms with Crippen LogP contribution < -0.4 is 10.1 Å². The van der Waals surface area contributed by atoms with Gasteiger partial charge in [-0.25, -0.2) is 0 Å². The summed E-state index contributed by atoms with van der Waals surface area (Å²) in [4.78, 5) is 12.6. The Hall–Kier alpha value is -1.96. The number of nitrogens with zero attached hydrogens (tertiary/aromatic N) is 2. The molecule has 0 aromatic heterocycles. The summed E-state index contributed by atoms with van der Waals surface area (Å²) in [5.74, 6) is 0.446. The molecule has 0 saturated carbocycles. The van der Waals surface area contributed by atoms with Crippen LogP contribution in [-0.2, 0) is 4.74 Å². The zero-order valence-electron chi connectivity index (χ0n) is 11.9. The van der Waals surface area contributed by atoms with E-state index in [4.69, 9.17) is 32.7 Å². The fourth-order valence-corrected chi connectivity index (χ4v) is 2.82. The Morgan fingerprint density at radius 1 is 1.26 bits per heavy atom. The van der Waals surface area contributed by atoms with Crippen molar-refractivity contribution in [1.29, 1.82) is 0 Å². The number of rotatable bonds is 3. The molecule has 7 nitrogen and oxygen atoms in total. The maximum absolute atomic E-state index is 11.5. The van der Waals surface area contributed by atoms with Crippen molar-refractivity contribution in [3.8, 4) is 5.75 Å². The van der Waals surface area contributed by atoms with E-state index in [2.05, 4.69) is 5.32 Å². The smallest absolute Gasteiger partial charge is 0.350 e. The summed E-state index contributed by atoms with van der Waals surface area (Å²) in [5.41, 5.74) is 0.230. The van der Waals surface area contributed by atoms with Gasteiger partial charge in [-0.2, -0.15) is 0 Å². The Morgan fingerprint density at radius 3 is 2.61 bits per heavy atom. The van der Waals surface area contributed by atoms with Crippen molar-refractivity contribution in [2.45, 2.75) is 0 Å². The molecule has 1 aromatic rings. The lowest BCUT2D eigenvalue weighted by molar-refractivity contribution is -0.422. The molecule has 0 aliphatic carbocycles. The van der Waals surface area contributed by atoms with Crippen LogP contribution in [0.4, 0.5) is 5.69 Å². The zero-order valence-corrected chi connectivity index (χ0v) is 13.4. The molecule has 2 heterocycles. The maximum Gasteiger partial charge on any atom is 0.350 e. The van der Waals surface area contributed by atoms with Crippen molar-refractivity contribution in [3.05, 3.63) is 56.1 Å². The van der Waals surface area contributed by atoms with Crippen LogP contribution in [-0.4, -0.2) is 36.1 Å². The van der Waals surface area contributed by atoms with Gasteiger partial charge in [-0.05, 0) is 12.1 Å². The van der Waals surface area contributed by atoms with E-state index in [1.165, 1.54) is 0 Å². The number of morpholine rings is 1. The molecule has 1 fully saturated rings. The molecule has 1 aromatic carbocycles. The molecule has 0 radical (unpaired) electrons. The zero-order chi connectivity index (χ0) is 16.4. The van der Waals surface area contributed by atoms with Gasteiger partial charge in [0.2, 0.25) is 0 Å². The van der Waals surface area contributed by atoms with Crippen LogP contribution in [0, 0.1) is 10.1 Å². The van der Waals surface area contributed by atoms with Crippen LogP contribution in [0.5, 0.6) is 5.75 Å². The molecule has 0 amide bonds. The Labute approximate surface area is 142 Å². The normalized spacial score (nSPS) is 20.2. The van der Waals surface area contributed by atoms with Crippen molar-refractivity contribution < 1.29 is 14.4 Å². The minimum Gasteiger partial charge on any atom is -0.433 e. The molecule has 0 atom stereocenters. The van der Waals surface area contributed by atoms with E-state index in [0.29, 0.717) is 37.7 Å². The second kappa shape index (κ2) is 6.66. The lowest BCUT2D eigenvalue weighted by Crippen LogP contribution is -2.34. The van der Waals surface area contributed by atoms with Gasteiger partial charge in [-0.1, -0.05) is 35.3 Å². The van der Waals surface area contributed by atoms with Crippen LogP contribution in [0.25, 0.3) is 0 Å². The van der Waals surface area contributed by atoms with Gasteiger partial charge in [0.15, 0.2) is 10.8 Å². The first kappa shape index (κ1) is 15.9. The summed E-state index contributed by atoms with van der Waals surface area (Å²) in [7, 11) is 0. The highest BCUT2D eigenvalue weighted by molar-refractivity contribution is 6.40. The molecule has 2 aliphatic heterocycles. The first-order valence-electron chi connectivity index (χ1n) is 6.89. The second-order valence-electron chi connectivity index (χ2n) is 4.86. The predicted molar refractivity (Wildman–Crippen MR) is 85.8 cm³/mol. The minimum absolute atomic E-state index is 0.0485. The maximum atomic E-state index is 11.5. The quantitative estimate of drug-likeness (QED) is 0.509. The number of nitrogens with one attached hydrogen (secondary N) is 1. The van der Waals surface area contributed by atoms with Gasteiger partial charge in [-0.15, -0.1) is 0 Å². The molecule has 9 heteroatoms. The van der Waals surface area contributed by atoms with E-state index >= 15 is 0 Å². The summed E-state index contributed by atoms with van der Waals surface area (Å²) >= 11 is 12.4. The SMILES string of the molecule is O=[N+]([O-])C(/C(Cl)=C(/Cl)N1CCOCC1)=C1\Nc2ccccc2O1. The van der Waals surface area contributed by atoms with E-state index in [-0.39, 0.29) is 16.1 Å². The van der Waals surface area contributed by atoms with Gasteiger partial charge in [0.05, 0.1) is 23.8 Å². The van der Waals surface area contributed by atoms with Gasteiger partial charge in [0, 0.05) is 13.1 Å². The van der Waals surface area contributed by atoms with Crippen molar-refractivity contribution >= 4 is 28.9 Å². The number of nitro groups is 1. The number of ether oxygens (including phenoxy) is 2. The summed E-state index contributed by atoms with van der Waals surface area (Å²) in [5, 5.41) is 14.3. The van der Waals surface area contributed by atoms with E-state index in [9.17, 15) is 10.1 Å². The average molecular weight is 358 g/mol. The Balaban J connectivity index is 1.96. The summed E-state index contributed by atoms with van der Waals surface area (Å²) in [6.07, 6.45) is 0. The molecule has 1 N–H and O–H groups in total. The lowest BCUT2D eigenvalue weighted by atomic mass is 10.3. The number of para-hydroxylation sites is 2.